The number of rotatable bonds is 9. The Morgan fingerprint density at radius 1 is 1.00 bits per heavy atom. The molecule has 0 spiro atoms. The largest absolute Gasteiger partial charge is 0.491 e. The smallest absolute Gasteiger partial charge is 0.417 e. The molecule has 38 heavy (non-hydrogen) atoms. The highest BCUT2D eigenvalue weighted by molar-refractivity contribution is 5.44. The zero-order chi connectivity index (χ0) is 27.6. The molecule has 3 saturated carbocycles. The molecule has 0 radical (unpaired) electrons. The van der Waals surface area contributed by atoms with Crippen molar-refractivity contribution in [1.29, 1.82) is 0 Å². The number of ether oxygens (including phenoxy) is 1. The Morgan fingerprint density at radius 3 is 2.21 bits per heavy atom. The first-order chi connectivity index (χ1) is 17.7. The normalized spacial score (nSPS) is 25.2. The van der Waals surface area contributed by atoms with Gasteiger partial charge in [-0.2, -0.15) is 13.2 Å². The predicted molar refractivity (Wildman–Crippen MR) is 115 cm³/mol. The number of tetrazole rings is 1. The van der Waals surface area contributed by atoms with Gasteiger partial charge in [0.2, 0.25) is 0 Å². The Hall–Kier alpha value is -3.26. The van der Waals surface area contributed by atoms with Crippen molar-refractivity contribution in [2.75, 3.05) is 6.61 Å². The Kier molecular flexibility index (Phi) is 5.98. The third kappa shape index (κ3) is 4.01. The lowest BCUT2D eigenvalue weighted by molar-refractivity contribution is -0.347. The Labute approximate surface area is 210 Å². The van der Waals surface area contributed by atoms with E-state index >= 15 is 8.78 Å². The fourth-order valence-electron chi connectivity index (χ4n) is 5.71. The van der Waals surface area contributed by atoms with Crippen LogP contribution in [0.3, 0.4) is 0 Å². The van der Waals surface area contributed by atoms with Crippen LogP contribution in [0.15, 0.2) is 48.8 Å². The first kappa shape index (κ1) is 26.4. The number of benzene rings is 2. The third-order valence-electron chi connectivity index (χ3n) is 7.63. The van der Waals surface area contributed by atoms with Gasteiger partial charge in [0, 0.05) is 17.0 Å². The standard InChI is InChI=1S/C24H21F7N4O3/c25-15-3-6-17(18(26)7-15)22(37,12-35-13-32-33-34-35)24(30,31)21-9-20(10-21,11-21)14-1-4-16(5-2-14)38-8-19(36)23(27,28)29/h1-7,13,19,36-37H,8-12H2/t19-,20?,21?,22-/m1/s1. The summed E-state index contributed by atoms with van der Waals surface area (Å²) in [5, 5.41) is 30.7. The van der Waals surface area contributed by atoms with Gasteiger partial charge in [0.05, 0.1) is 6.54 Å². The number of aromatic nitrogens is 4. The molecule has 2 N–H and O–H groups in total. The number of hydrogen-bond donors (Lipinski definition) is 2. The monoisotopic (exact) mass is 546 g/mol. The molecular formula is C24H21F7N4O3. The summed E-state index contributed by atoms with van der Waals surface area (Å²) in [4.78, 5) is 0. The lowest BCUT2D eigenvalue weighted by Gasteiger charge is -2.74. The quantitative estimate of drug-likeness (QED) is 0.396. The summed E-state index contributed by atoms with van der Waals surface area (Å²) in [7, 11) is 0. The molecule has 2 aromatic carbocycles. The van der Waals surface area contributed by atoms with Crippen molar-refractivity contribution in [3.63, 3.8) is 0 Å². The molecule has 0 amide bonds. The zero-order valence-corrected chi connectivity index (χ0v) is 19.5. The average Bonchev–Trinajstić information content (AvgIpc) is 3.28. The van der Waals surface area contributed by atoms with E-state index in [-0.39, 0.29) is 25.0 Å². The first-order valence-electron chi connectivity index (χ1n) is 11.5. The van der Waals surface area contributed by atoms with Gasteiger partial charge < -0.3 is 14.9 Å². The first-order valence-corrected chi connectivity index (χ1v) is 11.5. The maximum Gasteiger partial charge on any atom is 0.417 e. The maximum atomic E-state index is 16.2. The van der Waals surface area contributed by atoms with Gasteiger partial charge in [0.1, 0.15) is 30.3 Å². The van der Waals surface area contributed by atoms with E-state index in [1.54, 1.807) is 12.1 Å². The van der Waals surface area contributed by atoms with E-state index < -0.39 is 65.0 Å². The molecule has 0 saturated heterocycles. The summed E-state index contributed by atoms with van der Waals surface area (Å²) in [6.45, 7) is -1.89. The number of hydrogen-bond acceptors (Lipinski definition) is 6. The van der Waals surface area contributed by atoms with E-state index in [4.69, 9.17) is 9.84 Å². The van der Waals surface area contributed by atoms with Crippen LogP contribution >= 0.6 is 0 Å². The second kappa shape index (κ2) is 8.63. The zero-order valence-electron chi connectivity index (χ0n) is 19.5. The van der Waals surface area contributed by atoms with Crippen molar-refractivity contribution in [3.05, 3.63) is 71.6 Å². The van der Waals surface area contributed by atoms with Gasteiger partial charge in [-0.15, -0.1) is 5.10 Å². The fourth-order valence-corrected chi connectivity index (χ4v) is 5.71. The summed E-state index contributed by atoms with van der Waals surface area (Å²) in [5.74, 6) is -6.16. The van der Waals surface area contributed by atoms with Gasteiger partial charge in [0.25, 0.3) is 5.92 Å². The Balaban J connectivity index is 1.35. The fraction of sp³-hybridized carbons (Fsp3) is 0.458. The van der Waals surface area contributed by atoms with Crippen LogP contribution in [0.2, 0.25) is 0 Å². The van der Waals surface area contributed by atoms with Crippen LogP contribution in [0.25, 0.3) is 0 Å². The van der Waals surface area contributed by atoms with Crippen molar-refractivity contribution in [2.45, 2.75) is 55.0 Å². The van der Waals surface area contributed by atoms with E-state index in [9.17, 15) is 27.1 Å². The summed E-state index contributed by atoms with van der Waals surface area (Å²) >= 11 is 0. The summed E-state index contributed by atoms with van der Waals surface area (Å²) in [5.41, 5.74) is -5.60. The molecule has 7 nitrogen and oxygen atoms in total. The highest BCUT2D eigenvalue weighted by Gasteiger charge is 2.82. The molecule has 0 aliphatic heterocycles. The molecule has 6 rings (SSSR count). The van der Waals surface area contributed by atoms with Crippen LogP contribution in [-0.4, -0.2) is 55.2 Å². The lowest BCUT2D eigenvalue weighted by Crippen LogP contribution is -2.76. The number of aliphatic hydroxyl groups excluding tert-OH is 1. The molecule has 1 heterocycles. The SMILES string of the molecule is O[C@H](COc1ccc(C23CC(C(F)(F)[C@@](O)(Cn4cnnn4)c4ccc(F)cc4F)(C2)C3)cc1)C(F)(F)F. The molecule has 204 valence electrons. The molecule has 2 bridgehead atoms. The number of aliphatic hydroxyl groups is 2. The molecular weight excluding hydrogens is 525 g/mol. The Bertz CT molecular complexity index is 1300. The number of alkyl halides is 5. The predicted octanol–water partition coefficient (Wildman–Crippen LogP) is 3.90. The van der Waals surface area contributed by atoms with E-state index in [0.29, 0.717) is 11.6 Å². The van der Waals surface area contributed by atoms with Gasteiger partial charge in [-0.05, 0) is 64.9 Å². The highest BCUT2D eigenvalue weighted by atomic mass is 19.4. The third-order valence-corrected chi connectivity index (χ3v) is 7.63. The minimum atomic E-state index is -4.82. The number of nitrogens with zero attached hydrogens (tertiary/aromatic N) is 4. The van der Waals surface area contributed by atoms with Gasteiger partial charge in [0.15, 0.2) is 11.7 Å². The molecule has 3 aliphatic rings. The van der Waals surface area contributed by atoms with Crippen molar-refractivity contribution < 1.29 is 45.7 Å². The van der Waals surface area contributed by atoms with Gasteiger partial charge in [-0.25, -0.2) is 22.2 Å². The van der Waals surface area contributed by atoms with E-state index in [0.717, 1.165) is 23.1 Å². The van der Waals surface area contributed by atoms with E-state index in [1.165, 1.54) is 12.1 Å². The van der Waals surface area contributed by atoms with Crippen LogP contribution in [0.5, 0.6) is 5.75 Å². The molecule has 3 aliphatic carbocycles. The molecule has 3 aromatic rings. The van der Waals surface area contributed by atoms with Crippen molar-refractivity contribution >= 4 is 0 Å². The van der Waals surface area contributed by atoms with Crippen LogP contribution in [0, 0.1) is 17.0 Å². The second-order valence-electron chi connectivity index (χ2n) is 10.1. The average molecular weight is 546 g/mol. The molecule has 14 heteroatoms. The van der Waals surface area contributed by atoms with Crippen molar-refractivity contribution in [3.8, 4) is 5.75 Å². The minimum Gasteiger partial charge on any atom is -0.491 e. The number of halogens is 7. The van der Waals surface area contributed by atoms with Gasteiger partial charge in [-0.1, -0.05) is 12.1 Å². The van der Waals surface area contributed by atoms with E-state index in [1.807, 2.05) is 0 Å². The highest BCUT2D eigenvalue weighted by Crippen LogP contribution is 2.80. The van der Waals surface area contributed by atoms with Crippen LogP contribution in [0.4, 0.5) is 30.7 Å². The topological polar surface area (TPSA) is 93.3 Å². The van der Waals surface area contributed by atoms with Crippen LogP contribution in [0.1, 0.15) is 30.4 Å². The van der Waals surface area contributed by atoms with Crippen LogP contribution in [-0.2, 0) is 17.6 Å². The summed E-state index contributed by atoms with van der Waals surface area (Å²) in [6.07, 6.45) is -6.65. The van der Waals surface area contributed by atoms with E-state index in [2.05, 4.69) is 15.5 Å². The molecule has 0 unspecified atom stereocenters. The minimum absolute atomic E-state index is 0.0548. The van der Waals surface area contributed by atoms with Crippen molar-refractivity contribution in [1.82, 2.24) is 20.2 Å². The summed E-state index contributed by atoms with van der Waals surface area (Å²) < 4.78 is 104. The van der Waals surface area contributed by atoms with Crippen molar-refractivity contribution in [2.24, 2.45) is 5.41 Å². The molecule has 1 aromatic heterocycles. The summed E-state index contributed by atoms with van der Waals surface area (Å²) in [6, 6.07) is 7.82. The van der Waals surface area contributed by atoms with Crippen LogP contribution < -0.4 is 4.74 Å². The molecule has 2 atom stereocenters. The second-order valence-corrected chi connectivity index (χ2v) is 10.1. The van der Waals surface area contributed by atoms with Gasteiger partial charge >= 0.3 is 6.18 Å². The Morgan fingerprint density at radius 2 is 1.66 bits per heavy atom. The van der Waals surface area contributed by atoms with Gasteiger partial charge in [-0.3, -0.25) is 0 Å². The lowest BCUT2D eigenvalue weighted by atomic mass is 9.30. The molecule has 3 fully saturated rings. The maximum absolute atomic E-state index is 16.2.